The van der Waals surface area contributed by atoms with Gasteiger partial charge in [0.25, 0.3) is 0 Å². The maximum absolute atomic E-state index is 11.0. The number of carbonyl (C=O) groups is 2. The van der Waals surface area contributed by atoms with Gasteiger partial charge in [0.1, 0.15) is 6.29 Å². The molecule has 0 radical (unpaired) electrons. The lowest BCUT2D eigenvalue weighted by Crippen LogP contribution is -2.40. The quantitative estimate of drug-likeness (QED) is 0.572. The van der Waals surface area contributed by atoms with Crippen molar-refractivity contribution in [2.24, 2.45) is 5.73 Å². The summed E-state index contributed by atoms with van der Waals surface area (Å²) in [5.74, 6) is -0.125. The van der Waals surface area contributed by atoms with Gasteiger partial charge in [0.2, 0.25) is 5.91 Å². The highest BCUT2D eigenvalue weighted by Crippen LogP contribution is 2.14. The van der Waals surface area contributed by atoms with E-state index < -0.39 is 6.61 Å². The third-order valence-electron chi connectivity index (χ3n) is 3.80. The molecule has 8 nitrogen and oxygen atoms in total. The molecule has 1 fully saturated rings. The van der Waals surface area contributed by atoms with Crippen molar-refractivity contribution in [3.05, 3.63) is 30.2 Å². The van der Waals surface area contributed by atoms with Crippen LogP contribution in [0.2, 0.25) is 0 Å². The molecule has 2 aromatic rings. The van der Waals surface area contributed by atoms with Crippen LogP contribution in [0.15, 0.2) is 24.5 Å². The van der Waals surface area contributed by atoms with E-state index in [0.717, 1.165) is 31.2 Å². The maximum Gasteiger partial charge on any atom is 0.342 e. The van der Waals surface area contributed by atoms with Crippen molar-refractivity contribution >= 4 is 23.1 Å². The minimum atomic E-state index is -3.17. The van der Waals surface area contributed by atoms with Gasteiger partial charge in [0.05, 0.1) is 12.6 Å². The molecule has 0 aliphatic carbocycles. The highest BCUT2D eigenvalue weighted by molar-refractivity contribution is 5.81. The summed E-state index contributed by atoms with van der Waals surface area (Å²) in [7, 11) is 1.93. The molecule has 1 atom stereocenters. The summed E-state index contributed by atoms with van der Waals surface area (Å²) >= 11 is 0. The topological polar surface area (TPSA) is 124 Å². The molecule has 1 aliphatic heterocycles. The number of likely N-dealkylation sites (tertiary alicyclic amines) is 1. The third kappa shape index (κ3) is 7.77. The minimum Gasteiger partial charge on any atom is -0.357 e. The average Bonchev–Trinajstić information content (AvgIpc) is 3.27. The number of aromatic nitrogens is 2. The van der Waals surface area contributed by atoms with Crippen LogP contribution in [-0.4, -0.2) is 65.0 Å². The number of aliphatic hydroxyl groups excluding tert-OH is 1. The number of aromatic amines is 1. The molecule has 1 saturated heterocycles. The van der Waals surface area contributed by atoms with E-state index in [2.05, 4.69) is 21.4 Å². The monoisotopic (exact) mass is 385 g/mol. The highest BCUT2D eigenvalue weighted by atomic mass is 19.3. The number of halogens is 2. The lowest BCUT2D eigenvalue weighted by Gasteiger charge is -2.18. The van der Waals surface area contributed by atoms with Crippen LogP contribution in [0.4, 0.5) is 8.78 Å². The SMILES string of the molecule is CNCc1cc2cnccc2[nH]1.NCC(=O)N1CCCC1C=O.OC(F)F. The molecule has 1 unspecified atom stereocenters. The van der Waals surface area contributed by atoms with Gasteiger partial charge in [-0.25, -0.2) is 0 Å². The summed E-state index contributed by atoms with van der Waals surface area (Å²) in [5, 5.41) is 11.0. The summed E-state index contributed by atoms with van der Waals surface area (Å²) in [6.07, 6.45) is 6.18. The number of pyridine rings is 1. The maximum atomic E-state index is 11.0. The summed E-state index contributed by atoms with van der Waals surface area (Å²) < 4.78 is 19.8. The van der Waals surface area contributed by atoms with Gasteiger partial charge < -0.3 is 30.8 Å². The predicted octanol–water partition coefficient (Wildman–Crippen LogP) is 0.619. The zero-order valence-corrected chi connectivity index (χ0v) is 15.1. The van der Waals surface area contributed by atoms with Crippen molar-refractivity contribution < 1.29 is 23.5 Å². The molecule has 2 aromatic heterocycles. The second-order valence-corrected chi connectivity index (χ2v) is 5.70. The summed E-state index contributed by atoms with van der Waals surface area (Å²) in [5.41, 5.74) is 7.50. The van der Waals surface area contributed by atoms with Crippen molar-refractivity contribution in [2.45, 2.75) is 32.0 Å². The molecule has 27 heavy (non-hydrogen) atoms. The second-order valence-electron chi connectivity index (χ2n) is 5.70. The van der Waals surface area contributed by atoms with Gasteiger partial charge in [0.15, 0.2) is 0 Å². The standard InChI is InChI=1S/C9H11N3.C7H12N2O2.CH2F2O/c1-10-6-8-4-7-5-11-3-2-9(7)12-8;8-4-7(11)9-3-1-2-6(9)5-10;2-1(3)4/h2-5,10,12H,6H2,1H3;5-6H,1-4,8H2;1,4H. The Morgan fingerprint density at radius 2 is 2.30 bits per heavy atom. The minimum absolute atomic E-state index is 0.00431. The Hall–Kier alpha value is -2.43. The number of hydrogen-bond donors (Lipinski definition) is 4. The summed E-state index contributed by atoms with van der Waals surface area (Å²) in [6.45, 7) is -1.61. The lowest BCUT2D eigenvalue weighted by atomic mass is 10.2. The van der Waals surface area contributed by atoms with Gasteiger partial charge in [-0.3, -0.25) is 9.78 Å². The normalized spacial score (nSPS) is 15.8. The van der Waals surface area contributed by atoms with Crippen molar-refractivity contribution in [3.63, 3.8) is 0 Å². The molecule has 0 spiro atoms. The lowest BCUT2D eigenvalue weighted by molar-refractivity contribution is -0.133. The number of nitrogens with zero attached hydrogens (tertiary/aromatic N) is 2. The van der Waals surface area contributed by atoms with E-state index in [1.54, 1.807) is 11.1 Å². The smallest absolute Gasteiger partial charge is 0.342 e. The highest BCUT2D eigenvalue weighted by Gasteiger charge is 2.26. The molecule has 1 amide bonds. The fourth-order valence-corrected chi connectivity index (χ4v) is 2.68. The Labute approximate surface area is 155 Å². The molecular formula is C17H25F2N5O3. The molecule has 0 saturated carbocycles. The van der Waals surface area contributed by atoms with E-state index in [4.69, 9.17) is 10.8 Å². The van der Waals surface area contributed by atoms with Gasteiger partial charge in [-0.05, 0) is 32.0 Å². The fourth-order valence-electron chi connectivity index (χ4n) is 2.68. The number of nitrogens with one attached hydrogen (secondary N) is 2. The number of amides is 1. The van der Waals surface area contributed by atoms with Gasteiger partial charge in [0, 0.05) is 42.1 Å². The number of hydrogen-bond acceptors (Lipinski definition) is 6. The van der Waals surface area contributed by atoms with E-state index in [9.17, 15) is 18.4 Å². The van der Waals surface area contributed by atoms with Crippen molar-refractivity contribution in [1.82, 2.24) is 20.2 Å². The second kappa shape index (κ2) is 12.0. The molecule has 3 heterocycles. The van der Waals surface area contributed by atoms with Gasteiger partial charge in [-0.15, -0.1) is 0 Å². The van der Waals surface area contributed by atoms with Crippen molar-refractivity contribution in [2.75, 3.05) is 20.1 Å². The number of alkyl halides is 2. The number of rotatable bonds is 4. The van der Waals surface area contributed by atoms with E-state index in [-0.39, 0.29) is 18.5 Å². The van der Waals surface area contributed by atoms with Crippen LogP contribution in [-0.2, 0) is 16.1 Å². The number of aldehydes is 1. The number of nitrogens with two attached hydrogens (primary N) is 1. The zero-order chi connectivity index (χ0) is 20.2. The first-order valence-electron chi connectivity index (χ1n) is 8.40. The van der Waals surface area contributed by atoms with Crippen LogP contribution in [0.3, 0.4) is 0 Å². The molecule has 150 valence electrons. The molecule has 10 heteroatoms. The average molecular weight is 385 g/mol. The Morgan fingerprint density at radius 3 is 2.85 bits per heavy atom. The Bertz CT molecular complexity index is 675. The predicted molar refractivity (Wildman–Crippen MR) is 96.9 cm³/mol. The first kappa shape index (κ1) is 22.6. The van der Waals surface area contributed by atoms with E-state index in [1.807, 2.05) is 19.3 Å². The number of H-pyrrole nitrogens is 1. The summed E-state index contributed by atoms with van der Waals surface area (Å²) in [4.78, 5) is 30.3. The van der Waals surface area contributed by atoms with Crippen LogP contribution >= 0.6 is 0 Å². The van der Waals surface area contributed by atoms with E-state index in [1.165, 1.54) is 11.1 Å². The Morgan fingerprint density at radius 1 is 1.59 bits per heavy atom. The van der Waals surface area contributed by atoms with Gasteiger partial charge >= 0.3 is 6.61 Å². The van der Waals surface area contributed by atoms with Crippen LogP contribution in [0.25, 0.3) is 10.9 Å². The van der Waals surface area contributed by atoms with Crippen LogP contribution in [0.1, 0.15) is 18.5 Å². The largest absolute Gasteiger partial charge is 0.357 e. The Balaban J connectivity index is 0.000000227. The van der Waals surface area contributed by atoms with E-state index >= 15 is 0 Å². The summed E-state index contributed by atoms with van der Waals surface area (Å²) in [6, 6.07) is 3.87. The third-order valence-corrected chi connectivity index (χ3v) is 3.80. The Kier molecular flexibility index (Phi) is 10.1. The molecular weight excluding hydrogens is 360 g/mol. The molecule has 1 aliphatic rings. The molecule has 3 rings (SSSR count). The van der Waals surface area contributed by atoms with Gasteiger partial charge in [-0.1, -0.05) is 0 Å². The molecule has 0 bridgehead atoms. The van der Waals surface area contributed by atoms with Crippen molar-refractivity contribution in [3.8, 4) is 0 Å². The number of fused-ring (bicyclic) bond motifs is 1. The van der Waals surface area contributed by atoms with Gasteiger partial charge in [-0.2, -0.15) is 8.78 Å². The molecule has 0 aromatic carbocycles. The number of aliphatic hydroxyl groups is 1. The first-order valence-corrected chi connectivity index (χ1v) is 8.40. The first-order chi connectivity index (χ1) is 12.9. The zero-order valence-electron chi connectivity index (χ0n) is 15.1. The van der Waals surface area contributed by atoms with E-state index in [0.29, 0.717) is 6.54 Å². The van der Waals surface area contributed by atoms with Crippen LogP contribution in [0, 0.1) is 0 Å². The molecule has 5 N–H and O–H groups in total. The van der Waals surface area contributed by atoms with Crippen LogP contribution < -0.4 is 11.1 Å². The fraction of sp³-hybridized carbons (Fsp3) is 0.471. The number of carbonyl (C=O) groups excluding carboxylic acids is 2. The van der Waals surface area contributed by atoms with Crippen molar-refractivity contribution in [1.29, 1.82) is 0 Å². The van der Waals surface area contributed by atoms with Crippen LogP contribution in [0.5, 0.6) is 0 Å².